The molecule has 1 saturated heterocycles. The molecule has 1 aromatic carbocycles. The van der Waals surface area contributed by atoms with Crippen LogP contribution in [0.5, 0.6) is 0 Å². The summed E-state index contributed by atoms with van der Waals surface area (Å²) in [6.45, 7) is 5.29. The maximum absolute atomic E-state index is 11.8. The maximum Gasteiger partial charge on any atom is 0.188 e. The van der Waals surface area contributed by atoms with Crippen molar-refractivity contribution in [1.29, 1.82) is 0 Å². The third-order valence-corrected chi connectivity index (χ3v) is 4.78. The third-order valence-electron chi connectivity index (χ3n) is 4.43. The van der Waals surface area contributed by atoms with Crippen LogP contribution in [0, 0.1) is 0 Å². The van der Waals surface area contributed by atoms with E-state index in [-0.39, 0.29) is 12.2 Å². The zero-order chi connectivity index (χ0) is 18.3. The van der Waals surface area contributed by atoms with E-state index >= 15 is 0 Å². The summed E-state index contributed by atoms with van der Waals surface area (Å²) in [6, 6.07) is 3.54. The van der Waals surface area contributed by atoms with E-state index in [1.165, 1.54) is 0 Å². The van der Waals surface area contributed by atoms with Crippen LogP contribution in [0.15, 0.2) is 29.0 Å². The number of hydrogen-bond acceptors (Lipinski definition) is 7. The van der Waals surface area contributed by atoms with Crippen LogP contribution in [-0.2, 0) is 4.74 Å². The molecule has 0 spiro atoms. The van der Waals surface area contributed by atoms with E-state index in [0.29, 0.717) is 46.0 Å². The van der Waals surface area contributed by atoms with Crippen LogP contribution < -0.4 is 4.90 Å². The van der Waals surface area contributed by atoms with E-state index in [1.54, 1.807) is 24.5 Å². The van der Waals surface area contributed by atoms with Crippen LogP contribution in [0.3, 0.4) is 0 Å². The number of ether oxygens (including phenoxy) is 1. The van der Waals surface area contributed by atoms with E-state index in [1.807, 2.05) is 13.8 Å². The minimum Gasteiger partial charge on any atom is -0.372 e. The predicted molar refractivity (Wildman–Crippen MR) is 97.7 cm³/mol. The average molecular weight is 373 g/mol. The van der Waals surface area contributed by atoms with Gasteiger partial charge >= 0.3 is 0 Å². The van der Waals surface area contributed by atoms with E-state index in [0.717, 1.165) is 11.8 Å². The first-order valence-corrected chi connectivity index (χ1v) is 8.70. The van der Waals surface area contributed by atoms with Gasteiger partial charge in [-0.2, -0.15) is 10.2 Å². The minimum absolute atomic E-state index is 0.0400. The molecule has 4 rings (SSSR count). The topological polar surface area (TPSA) is 81.4 Å². The molecule has 0 aliphatic carbocycles. The Morgan fingerprint density at radius 2 is 2.04 bits per heavy atom. The fourth-order valence-electron chi connectivity index (χ4n) is 3.46. The summed E-state index contributed by atoms with van der Waals surface area (Å²) in [7, 11) is 0. The van der Waals surface area contributed by atoms with Crippen LogP contribution in [0.25, 0.3) is 22.2 Å². The Bertz CT molecular complexity index is 950. The molecule has 0 saturated carbocycles. The van der Waals surface area contributed by atoms with E-state index in [9.17, 15) is 4.79 Å². The van der Waals surface area contributed by atoms with Crippen molar-refractivity contribution in [3.05, 3.63) is 35.1 Å². The van der Waals surface area contributed by atoms with Gasteiger partial charge in [-0.25, -0.2) is 0 Å². The van der Waals surface area contributed by atoms with Gasteiger partial charge in [-0.05, 0) is 26.0 Å². The predicted octanol–water partition coefficient (Wildman–Crippen LogP) is 3.36. The average Bonchev–Trinajstić information content (AvgIpc) is 3.05. The summed E-state index contributed by atoms with van der Waals surface area (Å²) in [5.41, 5.74) is 2.93. The van der Waals surface area contributed by atoms with E-state index in [2.05, 4.69) is 20.3 Å². The Hall–Kier alpha value is -2.51. The lowest BCUT2D eigenvalue weighted by molar-refractivity contribution is -0.00524. The molecule has 26 heavy (non-hydrogen) atoms. The Labute approximate surface area is 154 Å². The van der Waals surface area contributed by atoms with Crippen molar-refractivity contribution in [2.24, 2.45) is 0 Å². The first-order chi connectivity index (χ1) is 12.6. The Balaban J connectivity index is 1.88. The highest BCUT2D eigenvalue weighted by molar-refractivity contribution is 6.38. The summed E-state index contributed by atoms with van der Waals surface area (Å²) < 4.78 is 11.3. The lowest BCUT2D eigenvalue weighted by Gasteiger charge is -2.37. The number of aromatic nitrogens is 3. The molecule has 3 aromatic rings. The van der Waals surface area contributed by atoms with Crippen molar-refractivity contribution < 1.29 is 14.1 Å². The molecule has 1 aliphatic heterocycles. The van der Waals surface area contributed by atoms with Crippen LogP contribution >= 0.6 is 11.6 Å². The molecule has 0 amide bonds. The molecule has 3 heterocycles. The Morgan fingerprint density at radius 1 is 1.27 bits per heavy atom. The number of benzene rings is 1. The monoisotopic (exact) mass is 372 g/mol. The zero-order valence-electron chi connectivity index (χ0n) is 14.3. The van der Waals surface area contributed by atoms with Gasteiger partial charge < -0.3 is 14.2 Å². The molecule has 0 N–H and O–H groups in total. The third kappa shape index (κ3) is 2.83. The normalized spacial score (nSPS) is 20.5. The molecule has 8 heteroatoms. The highest BCUT2D eigenvalue weighted by Gasteiger charge is 2.28. The smallest absolute Gasteiger partial charge is 0.188 e. The molecule has 0 radical (unpaired) electrons. The van der Waals surface area contributed by atoms with Crippen molar-refractivity contribution in [1.82, 2.24) is 15.4 Å². The molecule has 1 fully saturated rings. The molecule has 0 bridgehead atoms. The number of carbonyl (C=O) groups is 1. The lowest BCUT2D eigenvalue weighted by atomic mass is 10.0. The maximum atomic E-state index is 11.8. The van der Waals surface area contributed by atoms with Gasteiger partial charge in [0.2, 0.25) is 0 Å². The van der Waals surface area contributed by atoms with Gasteiger partial charge in [0.25, 0.3) is 0 Å². The lowest BCUT2D eigenvalue weighted by Crippen LogP contribution is -2.46. The van der Waals surface area contributed by atoms with Crippen LogP contribution in [0.1, 0.15) is 24.2 Å². The number of hydrogen-bond donors (Lipinski definition) is 0. The quantitative estimate of drug-likeness (QED) is 0.652. The van der Waals surface area contributed by atoms with Gasteiger partial charge in [-0.1, -0.05) is 16.8 Å². The summed E-state index contributed by atoms with van der Waals surface area (Å²) in [5.74, 6) is 0. The largest absolute Gasteiger partial charge is 0.372 e. The van der Waals surface area contributed by atoms with Gasteiger partial charge in [0.15, 0.2) is 11.9 Å². The number of morpholine rings is 1. The fourth-order valence-corrected chi connectivity index (χ4v) is 3.82. The van der Waals surface area contributed by atoms with Crippen molar-refractivity contribution >= 4 is 34.5 Å². The highest BCUT2D eigenvalue weighted by atomic mass is 35.5. The number of fused-ring (bicyclic) bond motifs is 1. The van der Waals surface area contributed by atoms with Gasteiger partial charge in [0.1, 0.15) is 10.7 Å². The van der Waals surface area contributed by atoms with Gasteiger partial charge in [0, 0.05) is 24.2 Å². The van der Waals surface area contributed by atoms with Crippen molar-refractivity contribution in [3.63, 3.8) is 0 Å². The van der Waals surface area contributed by atoms with Crippen molar-refractivity contribution in [2.75, 3.05) is 18.0 Å². The van der Waals surface area contributed by atoms with E-state index < -0.39 is 0 Å². The molecule has 134 valence electrons. The van der Waals surface area contributed by atoms with Crippen LogP contribution in [0.2, 0.25) is 5.02 Å². The number of rotatable bonds is 3. The fraction of sp³-hybridized carbons (Fsp3) is 0.333. The molecule has 2 unspecified atom stereocenters. The summed E-state index contributed by atoms with van der Waals surface area (Å²) >= 11 is 6.65. The van der Waals surface area contributed by atoms with Crippen molar-refractivity contribution in [2.45, 2.75) is 26.1 Å². The first kappa shape index (κ1) is 16.9. The van der Waals surface area contributed by atoms with Crippen molar-refractivity contribution in [3.8, 4) is 11.3 Å². The molecule has 7 nitrogen and oxygen atoms in total. The van der Waals surface area contributed by atoms with Crippen LogP contribution in [0.4, 0.5) is 5.69 Å². The number of halogens is 1. The number of anilines is 1. The van der Waals surface area contributed by atoms with E-state index in [4.69, 9.17) is 20.9 Å². The Morgan fingerprint density at radius 3 is 2.69 bits per heavy atom. The molecule has 1 aliphatic rings. The Kier molecular flexibility index (Phi) is 4.34. The summed E-state index contributed by atoms with van der Waals surface area (Å²) in [4.78, 5) is 13.9. The second-order valence-corrected chi connectivity index (χ2v) is 6.83. The molecule has 2 aromatic heterocycles. The summed E-state index contributed by atoms with van der Waals surface area (Å²) in [5, 5.41) is 12.8. The zero-order valence-corrected chi connectivity index (χ0v) is 15.1. The highest BCUT2D eigenvalue weighted by Crippen LogP contribution is 2.40. The van der Waals surface area contributed by atoms with Crippen LogP contribution in [-0.4, -0.2) is 46.9 Å². The molecule has 2 atom stereocenters. The molecular weight excluding hydrogens is 356 g/mol. The van der Waals surface area contributed by atoms with Gasteiger partial charge in [0.05, 0.1) is 35.7 Å². The van der Waals surface area contributed by atoms with Gasteiger partial charge in [-0.3, -0.25) is 4.79 Å². The summed E-state index contributed by atoms with van der Waals surface area (Å²) in [6.07, 6.45) is 4.05. The number of aldehydes is 1. The van der Waals surface area contributed by atoms with Gasteiger partial charge in [-0.15, -0.1) is 0 Å². The number of nitrogens with zero attached hydrogens (tertiary/aromatic N) is 4. The second-order valence-electron chi connectivity index (χ2n) is 6.45. The minimum atomic E-state index is 0.0400. The number of carbonyl (C=O) groups excluding carboxylic acids is 1. The molecular formula is C18H17ClN4O3. The standard InChI is InChI=1S/C18H17ClN4O3/c1-10-7-23(8-11(2)25-10)17-13(9-24)5-14-16(12-3-4-20-21-6-12)22-26-18(14)15(17)19/h3-6,9-11H,7-8H2,1-2H3. The SMILES string of the molecule is CC1CN(c2c(C=O)cc3c(-c4ccnnc4)noc3c2Cl)CC(C)O1. The second kappa shape index (κ2) is 6.66. The first-order valence-electron chi connectivity index (χ1n) is 8.33.